The largest absolute Gasteiger partial charge is 0.494 e. The molecule has 1 saturated heterocycles. The highest BCUT2D eigenvalue weighted by Crippen LogP contribution is 2.40. The van der Waals surface area contributed by atoms with Gasteiger partial charge in [-0.15, -0.1) is 0 Å². The molecule has 0 bridgehead atoms. The predicted molar refractivity (Wildman–Crippen MR) is 111 cm³/mol. The van der Waals surface area contributed by atoms with Gasteiger partial charge in [-0.1, -0.05) is 46.1 Å². The van der Waals surface area contributed by atoms with E-state index in [4.69, 9.17) is 16.3 Å². The Morgan fingerprint density at radius 3 is 2.85 bits per heavy atom. The van der Waals surface area contributed by atoms with E-state index in [2.05, 4.69) is 20.8 Å². The molecule has 27 heavy (non-hydrogen) atoms. The summed E-state index contributed by atoms with van der Waals surface area (Å²) in [7, 11) is 0. The average molecular weight is 453 g/mol. The lowest BCUT2D eigenvalue weighted by Gasteiger charge is -2.40. The van der Waals surface area contributed by atoms with Crippen molar-refractivity contribution in [3.8, 4) is 5.75 Å². The average Bonchev–Trinajstić information content (AvgIpc) is 2.64. The summed E-state index contributed by atoms with van der Waals surface area (Å²) in [5.41, 5.74) is 1.91. The number of hydrogen-bond acceptors (Lipinski definition) is 3. The van der Waals surface area contributed by atoms with Crippen molar-refractivity contribution >= 4 is 33.5 Å². The molecule has 1 N–H and O–H groups in total. The van der Waals surface area contributed by atoms with Crippen molar-refractivity contribution < 1.29 is 14.6 Å². The van der Waals surface area contributed by atoms with E-state index in [0.717, 1.165) is 34.2 Å². The van der Waals surface area contributed by atoms with Crippen LogP contribution in [-0.4, -0.2) is 35.2 Å². The van der Waals surface area contributed by atoms with Crippen LogP contribution in [-0.2, 0) is 4.79 Å². The van der Waals surface area contributed by atoms with Crippen molar-refractivity contribution in [1.29, 1.82) is 0 Å². The van der Waals surface area contributed by atoms with E-state index in [1.165, 1.54) is 0 Å². The first kappa shape index (κ1) is 20.2. The highest BCUT2D eigenvalue weighted by Gasteiger charge is 2.36. The number of rotatable bonds is 6. The number of ether oxygens (including phenoxy) is 1. The monoisotopic (exact) mass is 451 g/mol. The standard InChI is InChI=1S/C21H23BrClNO3/c1-2-27-19-10-9-16(23)13-17(19)20(14-6-5-7-15(22)12-14)24-11-4-3-8-18(24)21(25)26/h5-7,9-10,12-13,18,20H,2-4,8,11H2,1H3,(H,25,26). The van der Waals surface area contributed by atoms with Crippen LogP contribution in [0.3, 0.4) is 0 Å². The number of benzene rings is 2. The van der Waals surface area contributed by atoms with E-state index in [1.54, 1.807) is 6.07 Å². The lowest BCUT2D eigenvalue weighted by molar-refractivity contribution is -0.145. The Morgan fingerprint density at radius 1 is 1.33 bits per heavy atom. The first-order valence-electron chi connectivity index (χ1n) is 9.17. The van der Waals surface area contributed by atoms with E-state index in [-0.39, 0.29) is 6.04 Å². The van der Waals surface area contributed by atoms with Crippen LogP contribution in [0.2, 0.25) is 5.02 Å². The van der Waals surface area contributed by atoms with Crippen molar-refractivity contribution in [1.82, 2.24) is 4.90 Å². The molecule has 0 amide bonds. The third kappa shape index (κ3) is 4.65. The fourth-order valence-electron chi connectivity index (χ4n) is 3.77. The Kier molecular flexibility index (Phi) is 6.79. The minimum absolute atomic E-state index is 0.246. The van der Waals surface area contributed by atoms with Gasteiger partial charge in [0.1, 0.15) is 11.8 Å². The Balaban J connectivity index is 2.16. The normalized spacial score (nSPS) is 18.9. The fraction of sp³-hybridized carbons (Fsp3) is 0.381. The van der Waals surface area contributed by atoms with Gasteiger partial charge >= 0.3 is 5.97 Å². The van der Waals surface area contributed by atoms with E-state index in [9.17, 15) is 9.90 Å². The topological polar surface area (TPSA) is 49.8 Å². The van der Waals surface area contributed by atoms with Gasteiger partial charge in [0.05, 0.1) is 12.6 Å². The maximum atomic E-state index is 12.0. The highest BCUT2D eigenvalue weighted by atomic mass is 79.9. The SMILES string of the molecule is CCOc1ccc(Cl)cc1C(c1cccc(Br)c1)N1CCCCC1C(=O)O. The summed E-state index contributed by atoms with van der Waals surface area (Å²) in [6, 6.07) is 12.8. The zero-order valence-corrected chi connectivity index (χ0v) is 17.5. The molecule has 3 rings (SSSR count). The number of carboxylic acids is 1. The molecule has 2 aromatic carbocycles. The molecule has 2 atom stereocenters. The van der Waals surface area contributed by atoms with Crippen LogP contribution >= 0.6 is 27.5 Å². The minimum atomic E-state index is -0.783. The van der Waals surface area contributed by atoms with Gasteiger partial charge in [0.25, 0.3) is 0 Å². The van der Waals surface area contributed by atoms with Crippen molar-refractivity contribution in [2.24, 2.45) is 0 Å². The van der Waals surface area contributed by atoms with Crippen molar-refractivity contribution in [2.45, 2.75) is 38.3 Å². The lowest BCUT2D eigenvalue weighted by Crippen LogP contribution is -2.46. The number of carboxylic acid groups (broad SMARTS) is 1. The molecule has 1 fully saturated rings. The Bertz CT molecular complexity index is 814. The van der Waals surface area contributed by atoms with E-state index in [1.807, 2.05) is 43.3 Å². The first-order valence-corrected chi connectivity index (χ1v) is 10.3. The van der Waals surface area contributed by atoms with Crippen LogP contribution in [0, 0.1) is 0 Å². The van der Waals surface area contributed by atoms with Gasteiger partial charge in [-0.25, -0.2) is 0 Å². The Hall–Kier alpha value is -1.56. The van der Waals surface area contributed by atoms with Crippen molar-refractivity contribution in [2.75, 3.05) is 13.2 Å². The van der Waals surface area contributed by atoms with Gasteiger partial charge in [0.15, 0.2) is 0 Å². The van der Waals surface area contributed by atoms with Crippen LogP contribution in [0.25, 0.3) is 0 Å². The molecule has 0 spiro atoms. The van der Waals surface area contributed by atoms with Crippen LogP contribution in [0.15, 0.2) is 46.9 Å². The van der Waals surface area contributed by atoms with Gasteiger partial charge in [0.2, 0.25) is 0 Å². The Morgan fingerprint density at radius 2 is 2.15 bits per heavy atom. The number of halogens is 2. The Labute approximate surface area is 173 Å². The molecule has 1 aliphatic heterocycles. The smallest absolute Gasteiger partial charge is 0.320 e. The zero-order chi connectivity index (χ0) is 19.4. The van der Waals surface area contributed by atoms with Crippen molar-refractivity contribution in [3.05, 3.63) is 63.1 Å². The molecule has 0 aromatic heterocycles. The van der Waals surface area contributed by atoms with Gasteiger partial charge in [-0.3, -0.25) is 9.69 Å². The molecule has 2 aromatic rings. The number of nitrogens with zero attached hydrogens (tertiary/aromatic N) is 1. The molecule has 144 valence electrons. The van der Waals surface area contributed by atoms with Crippen LogP contribution in [0.4, 0.5) is 0 Å². The number of carbonyl (C=O) groups is 1. The fourth-order valence-corrected chi connectivity index (χ4v) is 4.37. The maximum Gasteiger partial charge on any atom is 0.320 e. The second kappa shape index (κ2) is 9.09. The van der Waals surface area contributed by atoms with Crippen molar-refractivity contribution in [3.63, 3.8) is 0 Å². The number of piperidine rings is 1. The molecular formula is C21H23BrClNO3. The zero-order valence-electron chi connectivity index (χ0n) is 15.2. The van der Waals surface area contributed by atoms with E-state index in [0.29, 0.717) is 24.6 Å². The number of hydrogen-bond donors (Lipinski definition) is 1. The number of aliphatic carboxylic acids is 1. The third-order valence-corrected chi connectivity index (χ3v) is 5.62. The molecule has 0 saturated carbocycles. The maximum absolute atomic E-state index is 12.0. The molecular weight excluding hydrogens is 430 g/mol. The molecule has 4 nitrogen and oxygen atoms in total. The molecule has 1 heterocycles. The summed E-state index contributed by atoms with van der Waals surface area (Å²) < 4.78 is 6.82. The van der Waals surface area contributed by atoms with E-state index >= 15 is 0 Å². The summed E-state index contributed by atoms with van der Waals surface area (Å²) in [4.78, 5) is 14.0. The van der Waals surface area contributed by atoms with Crippen LogP contribution in [0.1, 0.15) is 43.4 Å². The lowest BCUT2D eigenvalue weighted by atomic mass is 9.91. The summed E-state index contributed by atoms with van der Waals surface area (Å²) in [6.07, 6.45) is 2.54. The highest BCUT2D eigenvalue weighted by molar-refractivity contribution is 9.10. The van der Waals surface area contributed by atoms with Gasteiger partial charge in [0, 0.05) is 15.1 Å². The summed E-state index contributed by atoms with van der Waals surface area (Å²) >= 11 is 9.86. The summed E-state index contributed by atoms with van der Waals surface area (Å²) in [5.74, 6) is -0.0451. The molecule has 2 unspecified atom stereocenters. The molecule has 0 aliphatic carbocycles. The van der Waals surface area contributed by atoms with E-state index < -0.39 is 12.0 Å². The predicted octanol–water partition coefficient (Wildman–Crippen LogP) is 5.53. The minimum Gasteiger partial charge on any atom is -0.494 e. The third-order valence-electron chi connectivity index (χ3n) is 4.89. The summed E-state index contributed by atoms with van der Waals surface area (Å²) in [6.45, 7) is 3.18. The molecule has 6 heteroatoms. The van der Waals surface area contributed by atoms with Gasteiger partial charge < -0.3 is 9.84 Å². The van der Waals surface area contributed by atoms with Crippen LogP contribution < -0.4 is 4.74 Å². The number of likely N-dealkylation sites (tertiary alicyclic amines) is 1. The molecule has 1 aliphatic rings. The second-order valence-corrected chi connectivity index (χ2v) is 8.01. The second-order valence-electron chi connectivity index (χ2n) is 6.66. The quantitative estimate of drug-likeness (QED) is 0.626. The first-order chi connectivity index (χ1) is 13.0. The molecule has 0 radical (unpaired) electrons. The van der Waals surface area contributed by atoms with Gasteiger partial charge in [-0.2, -0.15) is 0 Å². The summed E-state index contributed by atoms with van der Waals surface area (Å²) in [5, 5.41) is 10.4. The van der Waals surface area contributed by atoms with Crippen LogP contribution in [0.5, 0.6) is 5.75 Å². The van der Waals surface area contributed by atoms with Gasteiger partial charge in [-0.05, 0) is 62.2 Å².